The van der Waals surface area contributed by atoms with E-state index >= 15 is 0 Å². The highest BCUT2D eigenvalue weighted by atomic mass is 32.2. The van der Waals surface area contributed by atoms with Crippen molar-refractivity contribution >= 4 is 16.0 Å². The van der Waals surface area contributed by atoms with E-state index in [9.17, 15) is 13.2 Å². The zero-order valence-electron chi connectivity index (χ0n) is 13.9. The van der Waals surface area contributed by atoms with E-state index in [0.29, 0.717) is 11.1 Å². The second kappa shape index (κ2) is 7.35. The van der Waals surface area contributed by atoms with Gasteiger partial charge in [-0.2, -0.15) is 0 Å². The van der Waals surface area contributed by atoms with Crippen LogP contribution in [0.2, 0.25) is 0 Å². The number of nitrogens with one attached hydrogen (secondary N) is 2. The Kier molecular flexibility index (Phi) is 5.17. The Morgan fingerprint density at radius 3 is 2.72 bits per heavy atom. The average molecular weight is 360 g/mol. The molecule has 2 N–H and O–H groups in total. The second-order valence-corrected chi connectivity index (χ2v) is 7.79. The number of carbonyl (C=O) groups excluding carboxylic acids is 1. The maximum absolute atomic E-state index is 12.3. The molecule has 0 aromatic heterocycles. The lowest BCUT2D eigenvalue weighted by Crippen LogP contribution is -2.24. The molecule has 1 heterocycles. The molecular formula is C18H20N2O4S. The molecule has 0 amide bonds. The third-order valence-electron chi connectivity index (χ3n) is 4.10. The van der Waals surface area contributed by atoms with Gasteiger partial charge in [0.05, 0.1) is 18.4 Å². The first-order valence-electron chi connectivity index (χ1n) is 7.93. The van der Waals surface area contributed by atoms with Crippen molar-refractivity contribution in [3.8, 4) is 0 Å². The molecule has 0 unspecified atom stereocenters. The van der Waals surface area contributed by atoms with Crippen LogP contribution in [0, 0.1) is 0 Å². The molecule has 2 aromatic rings. The summed E-state index contributed by atoms with van der Waals surface area (Å²) in [5.41, 5.74) is 4.26. The minimum absolute atomic E-state index is 0.190. The highest BCUT2D eigenvalue weighted by Gasteiger charge is 2.15. The topological polar surface area (TPSA) is 84.5 Å². The maximum Gasteiger partial charge on any atom is 0.337 e. The molecule has 0 fully saturated rings. The molecule has 0 saturated heterocycles. The fourth-order valence-electron chi connectivity index (χ4n) is 2.83. The lowest BCUT2D eigenvalue weighted by atomic mass is 10.1. The molecule has 1 aliphatic heterocycles. The van der Waals surface area contributed by atoms with Gasteiger partial charge in [-0.25, -0.2) is 17.9 Å². The molecule has 0 spiro atoms. The van der Waals surface area contributed by atoms with Crippen molar-refractivity contribution in [1.82, 2.24) is 10.0 Å². The molecule has 0 atom stereocenters. The number of carbonyl (C=O) groups is 1. The van der Waals surface area contributed by atoms with Crippen molar-refractivity contribution in [2.45, 2.75) is 25.4 Å². The Balaban J connectivity index is 1.65. The van der Waals surface area contributed by atoms with E-state index in [0.717, 1.165) is 18.7 Å². The summed E-state index contributed by atoms with van der Waals surface area (Å²) in [6.07, 6.45) is 0. The molecule has 0 saturated carbocycles. The largest absolute Gasteiger partial charge is 0.465 e. The van der Waals surface area contributed by atoms with Crippen molar-refractivity contribution in [1.29, 1.82) is 0 Å². The summed E-state index contributed by atoms with van der Waals surface area (Å²) >= 11 is 0. The minimum atomic E-state index is -3.51. The fraction of sp³-hybridized carbons (Fsp3) is 0.278. The van der Waals surface area contributed by atoms with Gasteiger partial charge in [0.1, 0.15) is 0 Å². The lowest BCUT2D eigenvalue weighted by Gasteiger charge is -2.09. The van der Waals surface area contributed by atoms with Crippen LogP contribution >= 0.6 is 0 Å². The summed E-state index contributed by atoms with van der Waals surface area (Å²) < 4.78 is 31.9. The van der Waals surface area contributed by atoms with Gasteiger partial charge in [-0.3, -0.25) is 0 Å². The summed E-state index contributed by atoms with van der Waals surface area (Å²) in [5, 5.41) is 3.26. The SMILES string of the molecule is COC(=O)c1cccc(CS(=O)(=O)NCc2ccc3c(c2)CNC3)c1. The molecule has 25 heavy (non-hydrogen) atoms. The van der Waals surface area contributed by atoms with Crippen LogP contribution in [0.3, 0.4) is 0 Å². The summed E-state index contributed by atoms with van der Waals surface area (Å²) in [6, 6.07) is 12.4. The Bertz CT molecular complexity index is 894. The van der Waals surface area contributed by atoms with Gasteiger partial charge in [0, 0.05) is 19.6 Å². The van der Waals surface area contributed by atoms with Gasteiger partial charge in [-0.1, -0.05) is 30.3 Å². The minimum Gasteiger partial charge on any atom is -0.465 e. The number of benzene rings is 2. The van der Waals surface area contributed by atoms with Crippen molar-refractivity contribution in [3.05, 3.63) is 70.3 Å². The van der Waals surface area contributed by atoms with Gasteiger partial charge in [0.15, 0.2) is 0 Å². The zero-order chi connectivity index (χ0) is 17.9. The molecule has 3 rings (SSSR count). The number of sulfonamides is 1. The first-order chi connectivity index (χ1) is 12.0. The monoisotopic (exact) mass is 360 g/mol. The van der Waals surface area contributed by atoms with E-state index in [-0.39, 0.29) is 12.3 Å². The smallest absolute Gasteiger partial charge is 0.337 e. The van der Waals surface area contributed by atoms with E-state index in [1.54, 1.807) is 18.2 Å². The number of hydrogen-bond acceptors (Lipinski definition) is 5. The van der Waals surface area contributed by atoms with Gasteiger partial charge < -0.3 is 10.1 Å². The Labute approximate surface area is 147 Å². The molecule has 0 aliphatic carbocycles. The van der Waals surface area contributed by atoms with Gasteiger partial charge in [0.25, 0.3) is 0 Å². The average Bonchev–Trinajstić information content (AvgIpc) is 3.07. The predicted octanol–water partition coefficient (Wildman–Crippen LogP) is 1.70. The second-order valence-electron chi connectivity index (χ2n) is 5.98. The van der Waals surface area contributed by atoms with Crippen molar-refractivity contribution < 1.29 is 17.9 Å². The summed E-state index contributed by atoms with van der Waals surface area (Å²) in [6.45, 7) is 1.92. The van der Waals surface area contributed by atoms with E-state index in [2.05, 4.69) is 14.8 Å². The quantitative estimate of drug-likeness (QED) is 0.766. The van der Waals surface area contributed by atoms with Crippen molar-refractivity contribution in [2.75, 3.05) is 7.11 Å². The highest BCUT2D eigenvalue weighted by molar-refractivity contribution is 7.88. The van der Waals surface area contributed by atoms with Gasteiger partial charge >= 0.3 is 5.97 Å². The first-order valence-corrected chi connectivity index (χ1v) is 9.58. The van der Waals surface area contributed by atoms with E-state index in [1.807, 2.05) is 18.2 Å². The van der Waals surface area contributed by atoms with E-state index in [4.69, 9.17) is 0 Å². The van der Waals surface area contributed by atoms with E-state index < -0.39 is 16.0 Å². The van der Waals surface area contributed by atoms with Gasteiger partial charge in [-0.05, 0) is 34.4 Å². The third kappa shape index (κ3) is 4.45. The van der Waals surface area contributed by atoms with Crippen LogP contribution in [0.5, 0.6) is 0 Å². The maximum atomic E-state index is 12.3. The number of fused-ring (bicyclic) bond motifs is 1. The lowest BCUT2D eigenvalue weighted by molar-refractivity contribution is 0.0600. The molecule has 0 bridgehead atoms. The van der Waals surface area contributed by atoms with Crippen molar-refractivity contribution in [3.63, 3.8) is 0 Å². The highest BCUT2D eigenvalue weighted by Crippen LogP contribution is 2.17. The number of hydrogen-bond donors (Lipinski definition) is 2. The number of methoxy groups -OCH3 is 1. The van der Waals surface area contributed by atoms with E-state index in [1.165, 1.54) is 24.3 Å². The predicted molar refractivity (Wildman–Crippen MR) is 94.2 cm³/mol. The molecule has 7 heteroatoms. The fourth-order valence-corrected chi connectivity index (χ4v) is 3.93. The summed E-state index contributed by atoms with van der Waals surface area (Å²) in [5.74, 6) is -0.677. The van der Waals surface area contributed by atoms with Crippen LogP contribution in [0.15, 0.2) is 42.5 Å². The number of esters is 1. The van der Waals surface area contributed by atoms with Gasteiger partial charge in [-0.15, -0.1) is 0 Å². The third-order valence-corrected chi connectivity index (χ3v) is 5.40. The molecule has 1 aliphatic rings. The molecular weight excluding hydrogens is 340 g/mol. The molecule has 6 nitrogen and oxygen atoms in total. The van der Waals surface area contributed by atoms with Crippen molar-refractivity contribution in [2.24, 2.45) is 0 Å². The van der Waals surface area contributed by atoms with Crippen LogP contribution in [-0.4, -0.2) is 21.5 Å². The van der Waals surface area contributed by atoms with Crippen LogP contribution in [-0.2, 0) is 40.1 Å². The standard InChI is InChI=1S/C18H20N2O4S/c1-24-18(21)15-4-2-3-14(8-15)12-25(22,23)20-9-13-5-6-16-10-19-11-17(16)7-13/h2-8,19-20H,9-12H2,1H3. The molecule has 2 aromatic carbocycles. The summed E-state index contributed by atoms with van der Waals surface area (Å²) in [7, 11) is -2.22. The van der Waals surface area contributed by atoms with Crippen LogP contribution in [0.1, 0.15) is 32.6 Å². The van der Waals surface area contributed by atoms with Gasteiger partial charge in [0.2, 0.25) is 10.0 Å². The Morgan fingerprint density at radius 2 is 1.92 bits per heavy atom. The molecule has 0 radical (unpaired) electrons. The van der Waals surface area contributed by atoms with Crippen LogP contribution in [0.4, 0.5) is 0 Å². The normalized spacial score (nSPS) is 13.5. The summed E-state index contributed by atoms with van der Waals surface area (Å²) in [4.78, 5) is 11.5. The zero-order valence-corrected chi connectivity index (χ0v) is 14.7. The Morgan fingerprint density at radius 1 is 1.12 bits per heavy atom. The number of ether oxygens (including phenoxy) is 1. The first kappa shape index (κ1) is 17.6. The van der Waals surface area contributed by atoms with Crippen LogP contribution in [0.25, 0.3) is 0 Å². The number of rotatable bonds is 6. The Hall–Kier alpha value is -2.22. The van der Waals surface area contributed by atoms with Crippen LogP contribution < -0.4 is 10.0 Å². The molecule has 132 valence electrons.